The average Bonchev–Trinajstić information content (AvgIpc) is 3.30. The van der Waals surface area contributed by atoms with Gasteiger partial charge >= 0.3 is 12.2 Å². The van der Waals surface area contributed by atoms with Gasteiger partial charge in [0.15, 0.2) is 0 Å². The molecule has 12 nitrogen and oxygen atoms in total. The Morgan fingerprint density at radius 1 is 0.921 bits per heavy atom. The maximum absolute atomic E-state index is 14.1. The number of benzene rings is 2. The molecule has 63 heavy (non-hydrogen) atoms. The number of carbonyl (C=O) groups excluding carboxylic acids is 2. The molecule has 1 fully saturated rings. The van der Waals surface area contributed by atoms with Crippen LogP contribution in [0.2, 0.25) is 0 Å². The number of fused-ring (bicyclic) bond motifs is 2. The molecule has 0 aromatic heterocycles. The van der Waals surface area contributed by atoms with Crippen molar-refractivity contribution in [2.45, 2.75) is 147 Å². The van der Waals surface area contributed by atoms with Crippen molar-refractivity contribution >= 4 is 17.9 Å². The quantitative estimate of drug-likeness (QED) is 0.0432. The van der Waals surface area contributed by atoms with Crippen LogP contribution in [0.4, 0.5) is 9.59 Å². The molecule has 2 aliphatic carbocycles. The first kappa shape index (κ1) is 49.6. The number of allylic oxidation sites excluding steroid dienone is 1. The third-order valence-corrected chi connectivity index (χ3v) is 12.9. The zero-order valence-electron chi connectivity index (χ0n) is 38.3. The SMILES string of the molecule is C=CCO[C@@]12Oc3ccc(OC(=O)NCc4ccccc4)cc3[C@H]3[C@H](CCCCO)[C@@H](CCCCO)C=C(C(=NOCC)C[C@@H]1N(C)C(=O)OCCCCCCCCCCCC)[C@H]32. The third-order valence-electron chi connectivity index (χ3n) is 12.9. The van der Waals surface area contributed by atoms with Gasteiger partial charge in [0.1, 0.15) is 24.1 Å². The molecule has 0 spiro atoms. The fourth-order valence-corrected chi connectivity index (χ4v) is 9.82. The summed E-state index contributed by atoms with van der Waals surface area (Å²) in [6.45, 7) is 9.47. The van der Waals surface area contributed by atoms with Crippen LogP contribution in [0.1, 0.15) is 140 Å². The molecule has 1 saturated carbocycles. The van der Waals surface area contributed by atoms with Crippen molar-refractivity contribution in [2.24, 2.45) is 22.9 Å². The van der Waals surface area contributed by atoms with Gasteiger partial charge in [-0.2, -0.15) is 0 Å². The van der Waals surface area contributed by atoms with Gasteiger partial charge in [-0.3, -0.25) is 0 Å². The van der Waals surface area contributed by atoms with E-state index in [1.165, 1.54) is 44.9 Å². The second-order valence-corrected chi connectivity index (χ2v) is 17.3. The van der Waals surface area contributed by atoms with Crippen LogP contribution < -0.4 is 14.8 Å². The van der Waals surface area contributed by atoms with Gasteiger partial charge in [-0.25, -0.2) is 9.59 Å². The van der Waals surface area contributed by atoms with E-state index >= 15 is 0 Å². The minimum absolute atomic E-state index is 0.0289. The fraction of sp³-hybridized carbons (Fsp3) is 0.627. The average molecular weight is 874 g/mol. The number of aliphatic hydroxyl groups is 2. The molecule has 0 radical (unpaired) electrons. The van der Waals surface area contributed by atoms with E-state index in [0.717, 1.165) is 61.6 Å². The number of aliphatic hydroxyl groups excluding tert-OH is 2. The zero-order chi connectivity index (χ0) is 44.9. The second kappa shape index (κ2) is 26.4. The van der Waals surface area contributed by atoms with Gasteiger partial charge < -0.3 is 44.2 Å². The van der Waals surface area contributed by atoms with E-state index in [4.69, 9.17) is 28.9 Å². The van der Waals surface area contributed by atoms with Crippen molar-refractivity contribution in [3.05, 3.63) is 84.0 Å². The van der Waals surface area contributed by atoms with Gasteiger partial charge in [0, 0.05) is 44.7 Å². The molecule has 3 aliphatic rings. The highest BCUT2D eigenvalue weighted by atomic mass is 16.7. The van der Waals surface area contributed by atoms with E-state index in [1.54, 1.807) is 24.1 Å². The first-order chi connectivity index (χ1) is 30.8. The van der Waals surface area contributed by atoms with Gasteiger partial charge in [-0.05, 0) is 80.2 Å². The van der Waals surface area contributed by atoms with Crippen LogP contribution in [-0.2, 0) is 20.9 Å². The molecule has 3 N–H and O–H groups in total. The monoisotopic (exact) mass is 874 g/mol. The number of rotatable bonds is 28. The first-order valence-electron chi connectivity index (χ1n) is 23.9. The molecule has 1 heterocycles. The number of nitrogens with one attached hydrogen (secondary N) is 1. The van der Waals surface area contributed by atoms with E-state index in [2.05, 4.69) is 24.9 Å². The number of ether oxygens (including phenoxy) is 4. The number of oxime groups is 1. The van der Waals surface area contributed by atoms with Crippen LogP contribution in [0.25, 0.3) is 0 Å². The lowest BCUT2D eigenvalue weighted by Gasteiger charge is -2.59. The van der Waals surface area contributed by atoms with E-state index in [-0.39, 0.29) is 44.0 Å². The maximum atomic E-state index is 14.1. The number of hydrogen-bond acceptors (Lipinski definition) is 10. The second-order valence-electron chi connectivity index (χ2n) is 17.3. The van der Waals surface area contributed by atoms with E-state index in [0.29, 0.717) is 49.8 Å². The normalized spacial score (nSPS) is 22.8. The largest absolute Gasteiger partial charge is 0.459 e. The lowest BCUT2D eigenvalue weighted by Crippen LogP contribution is -2.69. The summed E-state index contributed by atoms with van der Waals surface area (Å²) in [5.41, 5.74) is 3.46. The van der Waals surface area contributed by atoms with Crippen LogP contribution in [0, 0.1) is 17.8 Å². The lowest BCUT2D eigenvalue weighted by atomic mass is 9.55. The summed E-state index contributed by atoms with van der Waals surface area (Å²) in [6.07, 6.45) is 19.6. The summed E-state index contributed by atoms with van der Waals surface area (Å²) in [4.78, 5) is 34.7. The minimum Gasteiger partial charge on any atom is -0.459 e. The van der Waals surface area contributed by atoms with Crippen LogP contribution in [0.5, 0.6) is 11.5 Å². The zero-order valence-corrected chi connectivity index (χ0v) is 38.3. The molecule has 6 atom stereocenters. The highest BCUT2D eigenvalue weighted by Crippen LogP contribution is 2.61. The Labute approximate surface area is 376 Å². The Bertz CT molecular complexity index is 1770. The Kier molecular flexibility index (Phi) is 20.8. The smallest absolute Gasteiger partial charge is 0.412 e. The number of likely N-dealkylation sites (N-methyl/N-ethyl adjacent to an activating group) is 1. The summed E-state index contributed by atoms with van der Waals surface area (Å²) in [5.74, 6) is -1.08. The molecular formula is C51H75N3O9. The molecule has 0 unspecified atom stereocenters. The van der Waals surface area contributed by atoms with Crippen LogP contribution >= 0.6 is 0 Å². The van der Waals surface area contributed by atoms with Crippen molar-refractivity contribution in [1.29, 1.82) is 0 Å². The third kappa shape index (κ3) is 13.6. The highest BCUT2D eigenvalue weighted by molar-refractivity contribution is 6.03. The molecule has 2 aromatic carbocycles. The van der Waals surface area contributed by atoms with Crippen LogP contribution in [0.15, 0.2) is 78.0 Å². The summed E-state index contributed by atoms with van der Waals surface area (Å²) < 4.78 is 26.0. The molecule has 0 bridgehead atoms. The molecule has 0 saturated heterocycles. The summed E-state index contributed by atoms with van der Waals surface area (Å²) in [7, 11) is 1.75. The number of nitrogens with zero attached hydrogens (tertiary/aromatic N) is 2. The van der Waals surface area contributed by atoms with E-state index in [9.17, 15) is 19.8 Å². The van der Waals surface area contributed by atoms with Crippen molar-refractivity contribution in [3.63, 3.8) is 0 Å². The maximum Gasteiger partial charge on any atom is 0.412 e. The van der Waals surface area contributed by atoms with E-state index < -0.39 is 29.9 Å². The lowest BCUT2D eigenvalue weighted by molar-refractivity contribution is -0.253. The number of unbranched alkanes of at least 4 members (excludes halogenated alkanes) is 11. The first-order valence-corrected chi connectivity index (χ1v) is 23.9. The van der Waals surface area contributed by atoms with Crippen LogP contribution in [-0.4, -0.2) is 84.9 Å². The van der Waals surface area contributed by atoms with Gasteiger partial charge in [0.2, 0.25) is 5.79 Å². The number of amides is 2. The molecule has 5 rings (SSSR count). The number of hydrogen-bond donors (Lipinski definition) is 3. The topological polar surface area (TPSA) is 148 Å². The summed E-state index contributed by atoms with van der Waals surface area (Å²) in [6, 6.07) is 14.4. The van der Waals surface area contributed by atoms with Crippen LogP contribution in [0.3, 0.4) is 0 Å². The molecule has 2 aromatic rings. The van der Waals surface area contributed by atoms with Crippen molar-refractivity contribution < 1.29 is 43.6 Å². The Balaban J connectivity index is 1.49. The predicted molar refractivity (Wildman–Crippen MR) is 247 cm³/mol. The van der Waals surface area contributed by atoms with Gasteiger partial charge in [0.25, 0.3) is 0 Å². The van der Waals surface area contributed by atoms with Gasteiger partial charge in [-0.1, -0.05) is 125 Å². The Hall–Kier alpha value is -4.39. The predicted octanol–water partition coefficient (Wildman–Crippen LogP) is 10.6. The Morgan fingerprint density at radius 2 is 1.62 bits per heavy atom. The minimum atomic E-state index is -1.39. The standard InChI is InChI=1S/C51H75N3O9/c1-5-8-9-10-11-12-13-14-15-23-33-59-50(58)54(4)46-36-44(53-61-7-3)42-34-39(26-19-21-30-55)41(27-20-22-31-56)47-43-35-40(62-49(57)52-37-38-24-17-16-18-25-38)28-29-45(43)63-51(46,48(42)47)60-32-6-2/h6,16-18,24-25,28-29,34-35,39,41,46-48,55-56H,2,5,7-15,19-23,26-27,30-33,36-37H2,1,3-4H3,(H,52,57)/t39-,41+,46-,47+,48+,51+/m0/s1. The number of carbonyl (C=O) groups is 2. The molecule has 348 valence electrons. The van der Waals surface area contributed by atoms with Crippen molar-refractivity contribution in [1.82, 2.24) is 10.2 Å². The van der Waals surface area contributed by atoms with Crippen molar-refractivity contribution in [3.8, 4) is 11.5 Å². The van der Waals surface area contributed by atoms with E-state index in [1.807, 2.05) is 49.4 Å². The highest BCUT2D eigenvalue weighted by Gasteiger charge is 2.65. The molecular weight excluding hydrogens is 799 g/mol. The fourth-order valence-electron chi connectivity index (χ4n) is 9.82. The van der Waals surface area contributed by atoms with Gasteiger partial charge in [-0.15, -0.1) is 6.58 Å². The van der Waals surface area contributed by atoms with Crippen molar-refractivity contribution in [2.75, 3.05) is 40.1 Å². The summed E-state index contributed by atoms with van der Waals surface area (Å²) >= 11 is 0. The van der Waals surface area contributed by atoms with Gasteiger partial charge in [0.05, 0.1) is 24.8 Å². The molecule has 12 heteroatoms. The molecule has 2 amide bonds. The molecule has 1 aliphatic heterocycles. The summed E-state index contributed by atoms with van der Waals surface area (Å²) in [5, 5.41) is 27.3. The Morgan fingerprint density at radius 3 is 2.30 bits per heavy atom.